The molecule has 6 nitrogen and oxygen atoms in total. The van der Waals surface area contributed by atoms with Crippen LogP contribution in [-0.4, -0.2) is 23.4 Å². The van der Waals surface area contributed by atoms with E-state index < -0.39 is 26.8 Å². The summed E-state index contributed by atoms with van der Waals surface area (Å²) in [6.45, 7) is 1.69. The van der Waals surface area contributed by atoms with E-state index in [0.717, 1.165) is 19.0 Å². The standard InChI is InChI=1S/C13H13F3N4O2S/c1-7-17-6-10(12(19-7)8-2-3-8)20-23(21,22)9-4-11(18-5-9)13(14,15)16/h4-6,8,18,20H,2-3H2,1H3. The molecule has 0 atom stereocenters. The smallest absolute Gasteiger partial charge is 0.356 e. The minimum Gasteiger partial charge on any atom is -0.356 e. The lowest BCUT2D eigenvalue weighted by atomic mass is 10.2. The molecule has 1 saturated carbocycles. The van der Waals surface area contributed by atoms with Crippen LogP contribution in [0.4, 0.5) is 18.9 Å². The number of aryl methyl sites for hydroxylation is 1. The number of anilines is 1. The van der Waals surface area contributed by atoms with Gasteiger partial charge in [0.2, 0.25) is 0 Å². The first kappa shape index (κ1) is 15.8. The van der Waals surface area contributed by atoms with Gasteiger partial charge in [-0.25, -0.2) is 18.4 Å². The zero-order valence-corrected chi connectivity index (χ0v) is 12.8. The fourth-order valence-electron chi connectivity index (χ4n) is 2.13. The van der Waals surface area contributed by atoms with Gasteiger partial charge in [-0.15, -0.1) is 0 Å². The molecule has 0 aromatic carbocycles. The average molecular weight is 346 g/mol. The molecule has 1 aliphatic rings. The van der Waals surface area contributed by atoms with Crippen LogP contribution in [0.2, 0.25) is 0 Å². The van der Waals surface area contributed by atoms with Gasteiger partial charge in [-0.1, -0.05) is 0 Å². The summed E-state index contributed by atoms with van der Waals surface area (Å²) >= 11 is 0. The largest absolute Gasteiger partial charge is 0.431 e. The van der Waals surface area contributed by atoms with Crippen molar-refractivity contribution in [2.45, 2.75) is 36.8 Å². The van der Waals surface area contributed by atoms with Crippen LogP contribution in [0.15, 0.2) is 23.4 Å². The van der Waals surface area contributed by atoms with Crippen LogP contribution in [0.3, 0.4) is 0 Å². The number of sulfonamides is 1. The van der Waals surface area contributed by atoms with Crippen LogP contribution < -0.4 is 4.72 Å². The van der Waals surface area contributed by atoms with Gasteiger partial charge in [-0.05, 0) is 25.8 Å². The molecule has 2 aromatic heterocycles. The van der Waals surface area contributed by atoms with Crippen molar-refractivity contribution < 1.29 is 21.6 Å². The predicted octanol–water partition coefficient (Wildman–Crippen LogP) is 2.81. The molecule has 1 aliphatic carbocycles. The maximum absolute atomic E-state index is 12.6. The second-order valence-corrected chi connectivity index (χ2v) is 7.03. The zero-order chi connectivity index (χ0) is 16.8. The lowest BCUT2D eigenvalue weighted by Crippen LogP contribution is -2.15. The van der Waals surface area contributed by atoms with E-state index in [1.807, 2.05) is 4.98 Å². The number of rotatable bonds is 4. The summed E-state index contributed by atoms with van der Waals surface area (Å²) in [4.78, 5) is 9.61. The van der Waals surface area contributed by atoms with Gasteiger partial charge in [0.05, 0.1) is 17.6 Å². The molecule has 10 heteroatoms. The van der Waals surface area contributed by atoms with Crippen LogP contribution in [-0.2, 0) is 16.2 Å². The van der Waals surface area contributed by atoms with Crippen molar-refractivity contribution in [1.82, 2.24) is 15.0 Å². The number of H-pyrrole nitrogens is 1. The summed E-state index contributed by atoms with van der Waals surface area (Å²) in [6.07, 6.45) is -0.705. The number of aromatic amines is 1. The van der Waals surface area contributed by atoms with Crippen LogP contribution in [0, 0.1) is 6.92 Å². The van der Waals surface area contributed by atoms with Crippen molar-refractivity contribution in [3.8, 4) is 0 Å². The Morgan fingerprint density at radius 2 is 2.04 bits per heavy atom. The number of nitrogens with zero attached hydrogens (tertiary/aromatic N) is 2. The van der Waals surface area contributed by atoms with Crippen LogP contribution >= 0.6 is 0 Å². The zero-order valence-electron chi connectivity index (χ0n) is 12.0. The third-order valence-electron chi connectivity index (χ3n) is 3.42. The molecule has 0 spiro atoms. The Kier molecular flexibility index (Phi) is 3.58. The van der Waals surface area contributed by atoms with Gasteiger partial charge >= 0.3 is 6.18 Å². The number of hydrogen-bond acceptors (Lipinski definition) is 4. The number of aromatic nitrogens is 3. The van der Waals surface area contributed by atoms with Crippen molar-refractivity contribution in [3.63, 3.8) is 0 Å². The van der Waals surface area contributed by atoms with E-state index in [4.69, 9.17) is 0 Å². The highest BCUT2D eigenvalue weighted by Crippen LogP contribution is 2.42. The first-order chi connectivity index (χ1) is 10.7. The van der Waals surface area contributed by atoms with E-state index in [0.29, 0.717) is 17.6 Å². The van der Waals surface area contributed by atoms with E-state index in [1.165, 1.54) is 6.20 Å². The molecule has 0 unspecified atom stereocenters. The Morgan fingerprint density at radius 3 is 2.61 bits per heavy atom. The number of halogens is 3. The lowest BCUT2D eigenvalue weighted by molar-refractivity contribution is -0.140. The van der Waals surface area contributed by atoms with Gasteiger partial charge in [0.1, 0.15) is 16.4 Å². The highest BCUT2D eigenvalue weighted by atomic mass is 32.2. The highest BCUT2D eigenvalue weighted by Gasteiger charge is 2.34. The van der Waals surface area contributed by atoms with Gasteiger partial charge < -0.3 is 4.98 Å². The normalized spacial score (nSPS) is 15.7. The van der Waals surface area contributed by atoms with Crippen molar-refractivity contribution >= 4 is 15.7 Å². The minimum atomic E-state index is -4.64. The average Bonchev–Trinajstić information content (AvgIpc) is 3.13. The van der Waals surface area contributed by atoms with Crippen molar-refractivity contribution in [1.29, 1.82) is 0 Å². The van der Waals surface area contributed by atoms with E-state index in [2.05, 4.69) is 14.7 Å². The Balaban J connectivity index is 1.91. The first-order valence-corrected chi connectivity index (χ1v) is 8.27. The van der Waals surface area contributed by atoms with Gasteiger partial charge in [-0.2, -0.15) is 13.2 Å². The van der Waals surface area contributed by atoms with Crippen molar-refractivity contribution in [3.05, 3.63) is 35.7 Å². The maximum atomic E-state index is 12.6. The molecule has 0 saturated heterocycles. The van der Waals surface area contributed by atoms with Crippen LogP contribution in [0.25, 0.3) is 0 Å². The second-order valence-electron chi connectivity index (χ2n) is 5.34. The molecule has 0 radical (unpaired) electrons. The molecule has 2 heterocycles. The molecule has 124 valence electrons. The van der Waals surface area contributed by atoms with Gasteiger partial charge in [0.25, 0.3) is 10.0 Å². The Labute approximate surface area is 130 Å². The third kappa shape index (κ3) is 3.31. The second kappa shape index (κ2) is 5.22. The topological polar surface area (TPSA) is 87.7 Å². The molecule has 0 amide bonds. The Hall–Kier alpha value is -2.10. The van der Waals surface area contributed by atoms with E-state index >= 15 is 0 Å². The third-order valence-corrected chi connectivity index (χ3v) is 4.76. The predicted molar refractivity (Wildman–Crippen MR) is 75.3 cm³/mol. The fraction of sp³-hybridized carbons (Fsp3) is 0.385. The quantitative estimate of drug-likeness (QED) is 0.891. The summed E-state index contributed by atoms with van der Waals surface area (Å²) in [5, 5.41) is 0. The summed E-state index contributed by atoms with van der Waals surface area (Å²) < 4.78 is 64.5. The van der Waals surface area contributed by atoms with Gasteiger partial charge in [-0.3, -0.25) is 4.72 Å². The summed E-state index contributed by atoms with van der Waals surface area (Å²) in [7, 11) is -4.16. The minimum absolute atomic E-state index is 0.159. The first-order valence-electron chi connectivity index (χ1n) is 6.79. The van der Waals surface area contributed by atoms with Crippen LogP contribution in [0.1, 0.15) is 36.0 Å². The lowest BCUT2D eigenvalue weighted by Gasteiger charge is -2.10. The van der Waals surface area contributed by atoms with Crippen molar-refractivity contribution in [2.24, 2.45) is 0 Å². The van der Waals surface area contributed by atoms with E-state index in [9.17, 15) is 21.6 Å². The summed E-state index contributed by atoms with van der Waals surface area (Å²) in [6, 6.07) is 0.550. The SMILES string of the molecule is Cc1ncc(NS(=O)(=O)c2c[nH]c(C(F)(F)F)c2)c(C2CC2)n1. The fourth-order valence-corrected chi connectivity index (χ4v) is 3.18. The van der Waals surface area contributed by atoms with Crippen LogP contribution in [0.5, 0.6) is 0 Å². The molecule has 0 bridgehead atoms. The van der Waals surface area contributed by atoms with Gasteiger partial charge in [0, 0.05) is 12.1 Å². The Morgan fingerprint density at radius 1 is 1.35 bits per heavy atom. The number of hydrogen-bond donors (Lipinski definition) is 2. The molecular formula is C13H13F3N4O2S. The summed E-state index contributed by atoms with van der Waals surface area (Å²) in [5.41, 5.74) is -0.346. The van der Waals surface area contributed by atoms with E-state index in [1.54, 1.807) is 6.92 Å². The number of nitrogens with one attached hydrogen (secondary N) is 2. The molecule has 23 heavy (non-hydrogen) atoms. The Bertz CT molecular complexity index is 841. The summed E-state index contributed by atoms with van der Waals surface area (Å²) in [5.74, 6) is 0.669. The molecular weight excluding hydrogens is 333 g/mol. The van der Waals surface area contributed by atoms with Crippen molar-refractivity contribution in [2.75, 3.05) is 4.72 Å². The monoisotopic (exact) mass is 346 g/mol. The highest BCUT2D eigenvalue weighted by molar-refractivity contribution is 7.92. The number of alkyl halides is 3. The maximum Gasteiger partial charge on any atom is 0.431 e. The molecule has 3 rings (SSSR count). The molecule has 2 N–H and O–H groups in total. The van der Waals surface area contributed by atoms with E-state index in [-0.39, 0.29) is 11.6 Å². The molecule has 0 aliphatic heterocycles. The molecule has 1 fully saturated rings. The van der Waals surface area contributed by atoms with Gasteiger partial charge in [0.15, 0.2) is 0 Å². The molecule has 2 aromatic rings.